The smallest absolute Gasteiger partial charge is 0.222 e. The first-order valence-corrected chi connectivity index (χ1v) is 14.6. The molecular formula is C31H49NO3. The van der Waals surface area contributed by atoms with E-state index in [0.717, 1.165) is 49.4 Å². The zero-order valence-corrected chi connectivity index (χ0v) is 22.5. The van der Waals surface area contributed by atoms with Crippen molar-refractivity contribution in [2.75, 3.05) is 13.1 Å². The predicted octanol–water partition coefficient (Wildman–Crippen LogP) is 5.88. The molecule has 0 aromatic carbocycles. The topological polar surface area (TPSA) is 60.8 Å². The van der Waals surface area contributed by atoms with Gasteiger partial charge in [0.1, 0.15) is 0 Å². The summed E-state index contributed by atoms with van der Waals surface area (Å²) in [6, 6.07) is 0. The number of aliphatic hydroxyl groups excluding tert-OH is 1. The molecule has 0 radical (unpaired) electrons. The molecule has 1 amide bonds. The van der Waals surface area contributed by atoms with Gasteiger partial charge in [-0.3, -0.25) is 4.79 Å². The molecule has 0 bridgehead atoms. The molecule has 1 aliphatic heterocycles. The monoisotopic (exact) mass is 483 g/mol. The van der Waals surface area contributed by atoms with Crippen molar-refractivity contribution in [1.29, 1.82) is 0 Å². The van der Waals surface area contributed by atoms with Crippen LogP contribution in [0.1, 0.15) is 97.8 Å². The van der Waals surface area contributed by atoms with Crippen LogP contribution >= 0.6 is 0 Å². The van der Waals surface area contributed by atoms with Crippen LogP contribution in [-0.4, -0.2) is 45.8 Å². The van der Waals surface area contributed by atoms with Crippen LogP contribution in [0, 0.1) is 40.4 Å². The molecule has 4 heteroatoms. The molecule has 4 fully saturated rings. The number of aliphatic hydroxyl groups is 2. The van der Waals surface area contributed by atoms with Gasteiger partial charge in [-0.25, -0.2) is 0 Å². The maximum Gasteiger partial charge on any atom is 0.222 e. The summed E-state index contributed by atoms with van der Waals surface area (Å²) >= 11 is 0. The Morgan fingerprint density at radius 1 is 1.14 bits per heavy atom. The Kier molecular flexibility index (Phi) is 6.79. The number of nitrogens with zero attached hydrogens (tertiary/aromatic N) is 1. The molecule has 196 valence electrons. The van der Waals surface area contributed by atoms with Crippen LogP contribution in [0.2, 0.25) is 0 Å². The van der Waals surface area contributed by atoms with Crippen LogP contribution in [0.25, 0.3) is 0 Å². The maximum absolute atomic E-state index is 13.0. The van der Waals surface area contributed by atoms with E-state index in [1.165, 1.54) is 32.1 Å². The lowest BCUT2D eigenvalue weighted by Crippen LogP contribution is -2.50. The lowest BCUT2D eigenvalue weighted by atomic mass is 9.47. The van der Waals surface area contributed by atoms with Crippen LogP contribution in [0.4, 0.5) is 0 Å². The van der Waals surface area contributed by atoms with Gasteiger partial charge in [0.15, 0.2) is 0 Å². The zero-order valence-electron chi connectivity index (χ0n) is 22.5. The number of hydrogen-bond donors (Lipinski definition) is 2. The molecule has 0 aromatic rings. The SMILES string of the molecule is C=CC1(O)CCN(C(=O)CCC(C)[C@H]2CC[C@H]3[C@@H]4CC=C5C[C@@H](O)CC[C@]5(C)[C@H]4CC[C@]23C)CC1. The average molecular weight is 484 g/mol. The highest BCUT2D eigenvalue weighted by Crippen LogP contribution is 2.67. The predicted molar refractivity (Wildman–Crippen MR) is 141 cm³/mol. The number of likely N-dealkylation sites (tertiary alicyclic amines) is 1. The van der Waals surface area contributed by atoms with Gasteiger partial charge in [0, 0.05) is 19.5 Å². The highest BCUT2D eigenvalue weighted by molar-refractivity contribution is 5.76. The van der Waals surface area contributed by atoms with E-state index in [4.69, 9.17) is 0 Å². The van der Waals surface area contributed by atoms with Crippen LogP contribution in [-0.2, 0) is 4.79 Å². The summed E-state index contributed by atoms with van der Waals surface area (Å²) in [6.45, 7) is 12.6. The molecule has 8 atom stereocenters. The van der Waals surface area contributed by atoms with Crippen molar-refractivity contribution in [3.63, 3.8) is 0 Å². The van der Waals surface area contributed by atoms with E-state index < -0.39 is 5.60 Å². The highest BCUT2D eigenvalue weighted by atomic mass is 16.3. The Hall–Kier alpha value is -1.13. The highest BCUT2D eigenvalue weighted by Gasteiger charge is 2.59. The molecule has 1 saturated heterocycles. The second-order valence-electron chi connectivity index (χ2n) is 13.6. The van der Waals surface area contributed by atoms with E-state index in [1.807, 2.05) is 4.90 Å². The summed E-state index contributed by atoms with van der Waals surface area (Å²) in [7, 11) is 0. The summed E-state index contributed by atoms with van der Waals surface area (Å²) in [4.78, 5) is 14.9. The van der Waals surface area contributed by atoms with Crippen molar-refractivity contribution in [2.45, 2.75) is 110 Å². The summed E-state index contributed by atoms with van der Waals surface area (Å²) in [5.41, 5.74) is 1.49. The second-order valence-corrected chi connectivity index (χ2v) is 13.6. The summed E-state index contributed by atoms with van der Waals surface area (Å²) in [6.07, 6.45) is 16.5. The van der Waals surface area contributed by atoms with Gasteiger partial charge >= 0.3 is 0 Å². The first kappa shape index (κ1) is 25.5. The minimum atomic E-state index is -0.792. The van der Waals surface area contributed by atoms with Gasteiger partial charge in [-0.2, -0.15) is 0 Å². The van der Waals surface area contributed by atoms with E-state index in [2.05, 4.69) is 33.4 Å². The Balaban J connectivity index is 1.20. The fourth-order valence-electron chi connectivity index (χ4n) is 9.67. The van der Waals surface area contributed by atoms with Gasteiger partial charge in [0.2, 0.25) is 5.91 Å². The quantitative estimate of drug-likeness (QED) is 0.480. The van der Waals surface area contributed by atoms with Crippen LogP contribution < -0.4 is 0 Å². The van der Waals surface area contributed by atoms with E-state index in [9.17, 15) is 15.0 Å². The average Bonchev–Trinajstić information content (AvgIpc) is 3.20. The maximum atomic E-state index is 13.0. The molecule has 1 heterocycles. The lowest BCUT2D eigenvalue weighted by Gasteiger charge is -2.58. The third-order valence-electron chi connectivity index (χ3n) is 12.0. The van der Waals surface area contributed by atoms with Crippen LogP contribution in [0.5, 0.6) is 0 Å². The van der Waals surface area contributed by atoms with Crippen molar-refractivity contribution in [1.82, 2.24) is 4.90 Å². The van der Waals surface area contributed by atoms with Gasteiger partial charge in [-0.05, 0) is 111 Å². The number of carbonyl (C=O) groups is 1. The minimum Gasteiger partial charge on any atom is -0.393 e. The molecule has 5 aliphatic rings. The number of rotatable bonds is 5. The molecule has 2 N–H and O–H groups in total. The van der Waals surface area contributed by atoms with Crippen molar-refractivity contribution in [3.05, 3.63) is 24.3 Å². The number of allylic oxidation sites excluding steroid dienone is 1. The minimum absolute atomic E-state index is 0.128. The standard InChI is InChI=1S/C31H49NO3/c1-5-31(35)16-18-32(19-17-31)28(34)11-6-21(2)25-9-10-26-24-8-7-22-20-23(33)12-14-29(22,3)27(24)13-15-30(25,26)4/h5,7,21,23-27,33,35H,1,6,8-20H2,2-4H3/t21?,23-,24-,25+,26-,27-,29-,30+/m0/s1. The number of piperidine rings is 1. The fraction of sp³-hybridized carbons (Fsp3) is 0.839. The number of hydrogen-bond acceptors (Lipinski definition) is 3. The van der Waals surface area contributed by atoms with Gasteiger partial charge in [-0.15, -0.1) is 6.58 Å². The van der Waals surface area contributed by atoms with E-state index >= 15 is 0 Å². The Morgan fingerprint density at radius 3 is 2.60 bits per heavy atom. The van der Waals surface area contributed by atoms with Gasteiger partial charge in [-0.1, -0.05) is 38.5 Å². The van der Waals surface area contributed by atoms with Crippen molar-refractivity contribution < 1.29 is 15.0 Å². The summed E-state index contributed by atoms with van der Waals surface area (Å²) in [5.74, 6) is 3.97. The Bertz CT molecular complexity index is 857. The normalized spacial score (nSPS) is 43.4. The number of amides is 1. The molecule has 0 aromatic heterocycles. The fourth-order valence-corrected chi connectivity index (χ4v) is 9.67. The third kappa shape index (κ3) is 4.35. The Labute approximate surface area is 213 Å². The largest absolute Gasteiger partial charge is 0.393 e. The molecular weight excluding hydrogens is 434 g/mol. The lowest BCUT2D eigenvalue weighted by molar-refractivity contribution is -0.134. The summed E-state index contributed by atoms with van der Waals surface area (Å²) < 4.78 is 0. The first-order valence-electron chi connectivity index (χ1n) is 14.6. The summed E-state index contributed by atoms with van der Waals surface area (Å²) in [5, 5.41) is 20.7. The third-order valence-corrected chi connectivity index (χ3v) is 12.0. The first-order chi connectivity index (χ1) is 16.6. The zero-order chi connectivity index (χ0) is 25.0. The van der Waals surface area contributed by atoms with E-state index in [-0.39, 0.29) is 12.0 Å². The van der Waals surface area contributed by atoms with Crippen LogP contribution in [0.3, 0.4) is 0 Å². The van der Waals surface area contributed by atoms with Crippen molar-refractivity contribution in [3.8, 4) is 0 Å². The van der Waals surface area contributed by atoms with Gasteiger partial charge < -0.3 is 15.1 Å². The van der Waals surface area contributed by atoms with Gasteiger partial charge in [0.05, 0.1) is 11.7 Å². The van der Waals surface area contributed by atoms with Crippen LogP contribution in [0.15, 0.2) is 24.3 Å². The van der Waals surface area contributed by atoms with Gasteiger partial charge in [0.25, 0.3) is 0 Å². The van der Waals surface area contributed by atoms with Crippen molar-refractivity contribution >= 4 is 5.91 Å². The van der Waals surface area contributed by atoms with Crippen molar-refractivity contribution in [2.24, 2.45) is 40.4 Å². The molecule has 4 aliphatic carbocycles. The molecule has 1 unspecified atom stereocenters. The number of carbonyl (C=O) groups excluding carboxylic acids is 1. The van der Waals surface area contributed by atoms with E-state index in [0.29, 0.717) is 49.1 Å². The second kappa shape index (κ2) is 9.31. The number of fused-ring (bicyclic) bond motifs is 5. The molecule has 5 rings (SSSR count). The molecule has 3 saturated carbocycles. The Morgan fingerprint density at radius 2 is 1.89 bits per heavy atom. The molecule has 4 nitrogen and oxygen atoms in total. The molecule has 35 heavy (non-hydrogen) atoms. The van der Waals surface area contributed by atoms with E-state index in [1.54, 1.807) is 11.6 Å². The molecule has 0 spiro atoms.